The molecule has 5 heteroatoms. The summed E-state index contributed by atoms with van der Waals surface area (Å²) in [6.45, 7) is 0. The van der Waals surface area contributed by atoms with Crippen LogP contribution in [-0.2, 0) is 10.8 Å². The third kappa shape index (κ3) is 1.75. The van der Waals surface area contributed by atoms with Crippen LogP contribution in [0.1, 0.15) is 0 Å². The fraction of sp³-hybridized carbons (Fsp3) is 0.200. The highest BCUT2D eigenvalue weighted by Crippen LogP contribution is 2.03. The molecular formula is C5H5ClN2OS. The van der Waals surface area contributed by atoms with Gasteiger partial charge in [0.15, 0.2) is 0 Å². The van der Waals surface area contributed by atoms with Gasteiger partial charge in [0.25, 0.3) is 0 Å². The molecule has 0 spiro atoms. The monoisotopic (exact) mass is 176 g/mol. The Bertz CT molecular complexity index is 266. The standard InChI is InChI=1S/C5H5ClN2OS/c1-10(9)5-7-3-2-4(6)8-5/h2-3H,1H3/t10-/m1/s1. The molecule has 1 aromatic heterocycles. The van der Waals surface area contributed by atoms with Crippen LogP contribution in [0.4, 0.5) is 0 Å². The molecule has 1 heterocycles. The predicted octanol–water partition coefficient (Wildman–Crippen LogP) is 0.867. The fourth-order valence-electron chi connectivity index (χ4n) is 0.459. The SMILES string of the molecule is C[S@@](=O)c1nccc(Cl)n1. The molecule has 0 aromatic carbocycles. The summed E-state index contributed by atoms with van der Waals surface area (Å²) >= 11 is 5.50. The molecule has 3 nitrogen and oxygen atoms in total. The minimum Gasteiger partial charge on any atom is -0.251 e. The number of rotatable bonds is 1. The van der Waals surface area contributed by atoms with Crippen LogP contribution in [0.2, 0.25) is 5.15 Å². The highest BCUT2D eigenvalue weighted by atomic mass is 35.5. The zero-order valence-corrected chi connectivity index (χ0v) is 6.82. The van der Waals surface area contributed by atoms with Gasteiger partial charge in [-0.15, -0.1) is 0 Å². The average Bonchev–Trinajstić information content (AvgIpc) is 1.88. The van der Waals surface area contributed by atoms with Crippen molar-refractivity contribution in [1.82, 2.24) is 9.97 Å². The second-order valence-electron chi connectivity index (χ2n) is 1.62. The first kappa shape index (κ1) is 7.63. The van der Waals surface area contributed by atoms with Crippen molar-refractivity contribution in [2.45, 2.75) is 5.16 Å². The van der Waals surface area contributed by atoms with Gasteiger partial charge in [-0.05, 0) is 6.07 Å². The Balaban J connectivity index is 3.07. The van der Waals surface area contributed by atoms with E-state index in [0.29, 0.717) is 5.15 Å². The predicted molar refractivity (Wildman–Crippen MR) is 39.4 cm³/mol. The van der Waals surface area contributed by atoms with Crippen molar-refractivity contribution < 1.29 is 4.21 Å². The summed E-state index contributed by atoms with van der Waals surface area (Å²) in [5.74, 6) is 0. The first-order valence-electron chi connectivity index (χ1n) is 2.52. The summed E-state index contributed by atoms with van der Waals surface area (Å²) in [7, 11) is -1.15. The second-order valence-corrected chi connectivity index (χ2v) is 3.28. The molecular weight excluding hydrogens is 172 g/mol. The van der Waals surface area contributed by atoms with Crippen LogP contribution in [0.3, 0.4) is 0 Å². The lowest BCUT2D eigenvalue weighted by Gasteiger charge is -1.92. The molecule has 0 aliphatic heterocycles. The van der Waals surface area contributed by atoms with Crippen molar-refractivity contribution >= 4 is 22.4 Å². The van der Waals surface area contributed by atoms with E-state index >= 15 is 0 Å². The zero-order valence-electron chi connectivity index (χ0n) is 5.24. The van der Waals surface area contributed by atoms with Gasteiger partial charge < -0.3 is 0 Å². The van der Waals surface area contributed by atoms with E-state index in [1.54, 1.807) is 0 Å². The molecule has 1 aromatic rings. The van der Waals surface area contributed by atoms with E-state index in [2.05, 4.69) is 9.97 Å². The van der Waals surface area contributed by atoms with E-state index in [1.165, 1.54) is 18.5 Å². The first-order chi connectivity index (χ1) is 4.70. The molecule has 0 fully saturated rings. The second kappa shape index (κ2) is 3.07. The zero-order chi connectivity index (χ0) is 7.56. The molecule has 0 aliphatic carbocycles. The Hall–Kier alpha value is -0.480. The van der Waals surface area contributed by atoms with Gasteiger partial charge in [0.1, 0.15) is 5.15 Å². The molecule has 0 N–H and O–H groups in total. The van der Waals surface area contributed by atoms with Gasteiger partial charge in [0.2, 0.25) is 5.16 Å². The molecule has 54 valence electrons. The van der Waals surface area contributed by atoms with Crippen molar-refractivity contribution in [2.24, 2.45) is 0 Å². The molecule has 0 bridgehead atoms. The summed E-state index contributed by atoms with van der Waals surface area (Å²) in [6, 6.07) is 1.54. The Morgan fingerprint density at radius 1 is 1.70 bits per heavy atom. The van der Waals surface area contributed by atoms with Crippen molar-refractivity contribution in [3.05, 3.63) is 17.4 Å². The number of nitrogens with zero attached hydrogens (tertiary/aromatic N) is 2. The molecule has 0 amide bonds. The lowest BCUT2D eigenvalue weighted by molar-refractivity contribution is 0.679. The highest BCUT2D eigenvalue weighted by molar-refractivity contribution is 7.84. The van der Waals surface area contributed by atoms with Crippen molar-refractivity contribution in [2.75, 3.05) is 6.26 Å². The molecule has 0 saturated carbocycles. The van der Waals surface area contributed by atoms with Gasteiger partial charge >= 0.3 is 0 Å². The summed E-state index contributed by atoms with van der Waals surface area (Å²) in [5, 5.41) is 0.590. The fourth-order valence-corrected chi connectivity index (χ4v) is 1.08. The molecule has 0 saturated heterocycles. The smallest absolute Gasteiger partial charge is 0.219 e. The molecule has 1 rings (SSSR count). The Morgan fingerprint density at radius 3 is 2.80 bits per heavy atom. The number of hydrogen-bond donors (Lipinski definition) is 0. The van der Waals surface area contributed by atoms with E-state index in [1.807, 2.05) is 0 Å². The normalized spacial score (nSPS) is 13.0. The molecule has 1 atom stereocenters. The van der Waals surface area contributed by atoms with Crippen LogP contribution in [0.15, 0.2) is 17.4 Å². The van der Waals surface area contributed by atoms with Gasteiger partial charge in [-0.2, -0.15) is 0 Å². The Labute approximate surface area is 65.9 Å². The van der Waals surface area contributed by atoms with Gasteiger partial charge in [-0.3, -0.25) is 4.21 Å². The van der Waals surface area contributed by atoms with Crippen LogP contribution < -0.4 is 0 Å². The summed E-state index contributed by atoms with van der Waals surface area (Å²) < 4.78 is 10.7. The van der Waals surface area contributed by atoms with Gasteiger partial charge in [0.05, 0.1) is 10.8 Å². The summed E-state index contributed by atoms with van der Waals surface area (Å²) in [4.78, 5) is 7.47. The third-order valence-electron chi connectivity index (χ3n) is 0.857. The van der Waals surface area contributed by atoms with Crippen LogP contribution in [0.25, 0.3) is 0 Å². The third-order valence-corrected chi connectivity index (χ3v) is 1.78. The summed E-state index contributed by atoms with van der Waals surface area (Å²) in [6.07, 6.45) is 2.98. The van der Waals surface area contributed by atoms with E-state index < -0.39 is 10.8 Å². The van der Waals surface area contributed by atoms with Crippen LogP contribution in [-0.4, -0.2) is 20.4 Å². The minimum atomic E-state index is -1.15. The van der Waals surface area contributed by atoms with Crippen molar-refractivity contribution in [1.29, 1.82) is 0 Å². The maximum atomic E-state index is 10.7. The molecule has 10 heavy (non-hydrogen) atoms. The number of hydrogen-bond acceptors (Lipinski definition) is 3. The van der Waals surface area contributed by atoms with Crippen molar-refractivity contribution in [3.63, 3.8) is 0 Å². The maximum absolute atomic E-state index is 10.7. The molecule has 0 unspecified atom stereocenters. The largest absolute Gasteiger partial charge is 0.251 e. The van der Waals surface area contributed by atoms with E-state index in [0.717, 1.165) is 0 Å². The first-order valence-corrected chi connectivity index (χ1v) is 4.46. The lowest BCUT2D eigenvalue weighted by atomic mass is 10.7. The van der Waals surface area contributed by atoms with E-state index in [9.17, 15) is 4.21 Å². The number of aromatic nitrogens is 2. The topological polar surface area (TPSA) is 42.9 Å². The van der Waals surface area contributed by atoms with E-state index in [4.69, 9.17) is 11.6 Å². The van der Waals surface area contributed by atoms with Crippen LogP contribution >= 0.6 is 11.6 Å². The van der Waals surface area contributed by atoms with Crippen LogP contribution in [0, 0.1) is 0 Å². The molecule has 0 radical (unpaired) electrons. The van der Waals surface area contributed by atoms with Crippen LogP contribution in [0.5, 0.6) is 0 Å². The van der Waals surface area contributed by atoms with Gasteiger partial charge in [0, 0.05) is 12.5 Å². The minimum absolute atomic E-state index is 0.271. The highest BCUT2D eigenvalue weighted by Gasteiger charge is 1.99. The summed E-state index contributed by atoms with van der Waals surface area (Å²) in [5.41, 5.74) is 0. The van der Waals surface area contributed by atoms with Gasteiger partial charge in [-0.1, -0.05) is 11.6 Å². The van der Waals surface area contributed by atoms with E-state index in [-0.39, 0.29) is 5.16 Å². The Kier molecular flexibility index (Phi) is 2.34. The quantitative estimate of drug-likeness (QED) is 0.471. The maximum Gasteiger partial charge on any atom is 0.219 e. The number of halogens is 1. The lowest BCUT2D eigenvalue weighted by Crippen LogP contribution is -1.95. The molecule has 0 aliphatic rings. The Morgan fingerprint density at radius 2 is 2.40 bits per heavy atom. The van der Waals surface area contributed by atoms with Gasteiger partial charge in [-0.25, -0.2) is 9.97 Å². The van der Waals surface area contributed by atoms with Crippen molar-refractivity contribution in [3.8, 4) is 0 Å². The average molecular weight is 177 g/mol.